The average Bonchev–Trinajstić information content (AvgIpc) is 2.70. The first-order chi connectivity index (χ1) is 13.0. The van der Waals surface area contributed by atoms with Crippen LogP contribution in [0.25, 0.3) is 0 Å². The Morgan fingerprint density at radius 1 is 0.741 bits per heavy atom. The Balaban J connectivity index is 0.000000941. The Kier molecular flexibility index (Phi) is 17.0. The maximum atomic E-state index is 11.9. The van der Waals surface area contributed by atoms with E-state index in [0.717, 1.165) is 51.4 Å². The number of unbranched alkanes of at least 4 members (excludes halogenated alkanes) is 2. The minimum atomic E-state index is -3.89. The number of benzene rings is 1. The van der Waals surface area contributed by atoms with Crippen molar-refractivity contribution >= 4 is 7.82 Å². The van der Waals surface area contributed by atoms with Crippen molar-refractivity contribution in [3.05, 3.63) is 36.4 Å². The van der Waals surface area contributed by atoms with Gasteiger partial charge in [-0.1, -0.05) is 103 Å². The van der Waals surface area contributed by atoms with Gasteiger partial charge in [-0.25, -0.2) is 4.57 Å². The second-order valence-corrected chi connectivity index (χ2v) is 8.50. The number of hydrogen-bond donors (Lipinski definition) is 1. The summed E-state index contributed by atoms with van der Waals surface area (Å²) < 4.78 is 22.2. The summed E-state index contributed by atoms with van der Waals surface area (Å²) in [7, 11) is -3.89. The molecule has 1 N–H and O–H groups in total. The molecule has 0 saturated carbocycles. The number of phosphoric ester groups is 1. The molecular formula is C22H41O4P. The topological polar surface area (TPSA) is 55.8 Å². The van der Waals surface area contributed by atoms with Gasteiger partial charge < -0.3 is 4.89 Å². The Labute approximate surface area is 167 Å². The minimum Gasteiger partial charge on any atom is -0.302 e. The lowest BCUT2D eigenvalue weighted by atomic mass is 10.0. The molecule has 0 fully saturated rings. The molecule has 0 heterocycles. The van der Waals surface area contributed by atoms with Crippen molar-refractivity contribution in [2.24, 2.45) is 11.8 Å². The van der Waals surface area contributed by atoms with Gasteiger partial charge >= 0.3 is 7.82 Å². The third-order valence-corrected chi connectivity index (χ3v) is 5.65. The summed E-state index contributed by atoms with van der Waals surface area (Å²) in [6.07, 6.45) is 8.56. The van der Waals surface area contributed by atoms with Crippen molar-refractivity contribution in [3.8, 4) is 0 Å². The van der Waals surface area contributed by atoms with E-state index in [0.29, 0.717) is 25.0 Å². The highest BCUT2D eigenvalue weighted by Gasteiger charge is 2.24. The zero-order chi connectivity index (χ0) is 20.4. The summed E-state index contributed by atoms with van der Waals surface area (Å²) in [5, 5.41) is 0. The van der Waals surface area contributed by atoms with Crippen LogP contribution >= 0.6 is 7.82 Å². The molecule has 1 aromatic carbocycles. The molecule has 0 radical (unpaired) electrons. The summed E-state index contributed by atoms with van der Waals surface area (Å²) in [6.45, 7) is 9.10. The van der Waals surface area contributed by atoms with Gasteiger partial charge in [0.15, 0.2) is 0 Å². The van der Waals surface area contributed by atoms with Crippen LogP contribution in [0.5, 0.6) is 0 Å². The Morgan fingerprint density at radius 3 is 1.33 bits per heavy atom. The van der Waals surface area contributed by atoms with E-state index in [9.17, 15) is 9.46 Å². The molecule has 27 heavy (non-hydrogen) atoms. The van der Waals surface area contributed by atoms with Crippen LogP contribution in [-0.2, 0) is 13.6 Å². The quantitative estimate of drug-likeness (QED) is 0.334. The standard InChI is InChI=1S/C16H35O4P.C6H6/c1-5-9-11-15(7-3)13-19-21(17,18)20-14-16(8-4)12-10-6-2;1-2-4-6-5-3-1/h15-16H,5-14H2,1-4H3,(H,17,18);1-6H. The molecule has 2 unspecified atom stereocenters. The van der Waals surface area contributed by atoms with Gasteiger partial charge in [-0.2, -0.15) is 0 Å². The molecule has 1 rings (SSSR count). The lowest BCUT2D eigenvalue weighted by Crippen LogP contribution is -2.12. The smallest absolute Gasteiger partial charge is 0.302 e. The van der Waals surface area contributed by atoms with Gasteiger partial charge in [0.1, 0.15) is 0 Å². The van der Waals surface area contributed by atoms with Gasteiger partial charge in [-0.3, -0.25) is 9.05 Å². The van der Waals surface area contributed by atoms with Crippen LogP contribution in [0.1, 0.15) is 79.1 Å². The van der Waals surface area contributed by atoms with E-state index in [1.807, 2.05) is 36.4 Å². The monoisotopic (exact) mass is 400 g/mol. The molecule has 0 aliphatic heterocycles. The Morgan fingerprint density at radius 2 is 1.07 bits per heavy atom. The van der Waals surface area contributed by atoms with Crippen LogP contribution in [0, 0.1) is 11.8 Å². The molecule has 0 aliphatic carbocycles. The molecule has 2 atom stereocenters. The number of phosphoric acid groups is 1. The summed E-state index contributed by atoms with van der Waals surface area (Å²) in [5.41, 5.74) is 0. The maximum absolute atomic E-state index is 11.9. The molecule has 1 aromatic rings. The zero-order valence-corrected chi connectivity index (χ0v) is 18.7. The van der Waals surface area contributed by atoms with E-state index in [1.165, 1.54) is 0 Å². The summed E-state index contributed by atoms with van der Waals surface area (Å²) >= 11 is 0. The molecular weight excluding hydrogens is 359 g/mol. The van der Waals surface area contributed by atoms with Gasteiger partial charge in [0.25, 0.3) is 0 Å². The summed E-state index contributed by atoms with van der Waals surface area (Å²) in [5.74, 6) is 0.687. The molecule has 0 bridgehead atoms. The number of rotatable bonds is 14. The normalized spacial score (nSPS) is 15.3. The Bertz CT molecular complexity index is 416. The molecule has 0 aliphatic rings. The van der Waals surface area contributed by atoms with E-state index in [-0.39, 0.29) is 0 Å². The van der Waals surface area contributed by atoms with Crippen molar-refractivity contribution in [3.63, 3.8) is 0 Å². The maximum Gasteiger partial charge on any atom is 0.472 e. The average molecular weight is 401 g/mol. The first kappa shape index (κ1) is 26.3. The van der Waals surface area contributed by atoms with E-state index in [1.54, 1.807) is 0 Å². The zero-order valence-electron chi connectivity index (χ0n) is 17.8. The van der Waals surface area contributed by atoms with Gasteiger partial charge in [0, 0.05) is 0 Å². The fraction of sp³-hybridized carbons (Fsp3) is 0.727. The van der Waals surface area contributed by atoms with Gasteiger partial charge in [0.05, 0.1) is 13.2 Å². The van der Waals surface area contributed by atoms with Crippen LogP contribution in [0.2, 0.25) is 0 Å². The predicted octanol–water partition coefficient (Wildman–Crippen LogP) is 7.24. The predicted molar refractivity (Wildman–Crippen MR) is 115 cm³/mol. The van der Waals surface area contributed by atoms with Crippen molar-refractivity contribution in [1.29, 1.82) is 0 Å². The van der Waals surface area contributed by atoms with Crippen molar-refractivity contribution in [1.82, 2.24) is 0 Å². The van der Waals surface area contributed by atoms with E-state index in [4.69, 9.17) is 9.05 Å². The van der Waals surface area contributed by atoms with Crippen molar-refractivity contribution in [2.45, 2.75) is 79.1 Å². The van der Waals surface area contributed by atoms with Gasteiger partial charge in [0.2, 0.25) is 0 Å². The lowest BCUT2D eigenvalue weighted by molar-refractivity contribution is 0.110. The molecule has 0 aromatic heterocycles. The number of hydrogen-bond acceptors (Lipinski definition) is 3. The van der Waals surface area contributed by atoms with Crippen LogP contribution in [0.4, 0.5) is 0 Å². The molecule has 4 nitrogen and oxygen atoms in total. The third kappa shape index (κ3) is 16.0. The first-order valence-corrected chi connectivity index (χ1v) is 12.1. The van der Waals surface area contributed by atoms with Crippen molar-refractivity contribution < 1.29 is 18.5 Å². The van der Waals surface area contributed by atoms with E-state index in [2.05, 4.69) is 27.7 Å². The molecule has 0 spiro atoms. The van der Waals surface area contributed by atoms with E-state index >= 15 is 0 Å². The highest BCUT2D eigenvalue weighted by atomic mass is 31.2. The molecule has 158 valence electrons. The molecule has 0 amide bonds. The first-order valence-electron chi connectivity index (χ1n) is 10.6. The molecule has 0 saturated heterocycles. The van der Waals surface area contributed by atoms with Crippen LogP contribution in [-0.4, -0.2) is 18.1 Å². The lowest BCUT2D eigenvalue weighted by Gasteiger charge is -2.20. The van der Waals surface area contributed by atoms with Gasteiger partial charge in [-0.15, -0.1) is 0 Å². The van der Waals surface area contributed by atoms with Gasteiger partial charge in [-0.05, 0) is 24.7 Å². The third-order valence-electron chi connectivity index (χ3n) is 4.70. The van der Waals surface area contributed by atoms with Crippen LogP contribution in [0.15, 0.2) is 36.4 Å². The largest absolute Gasteiger partial charge is 0.472 e. The second kappa shape index (κ2) is 17.4. The highest BCUT2D eigenvalue weighted by molar-refractivity contribution is 7.47. The SMILES string of the molecule is CCCCC(CC)COP(=O)(O)OCC(CC)CCCC.c1ccccc1. The summed E-state index contributed by atoms with van der Waals surface area (Å²) in [6, 6.07) is 12.0. The van der Waals surface area contributed by atoms with Crippen LogP contribution < -0.4 is 0 Å². The fourth-order valence-corrected chi connectivity index (χ4v) is 3.49. The minimum absolute atomic E-state index is 0.316. The van der Waals surface area contributed by atoms with Crippen LogP contribution in [0.3, 0.4) is 0 Å². The fourth-order valence-electron chi connectivity index (χ4n) is 2.62. The van der Waals surface area contributed by atoms with Crippen molar-refractivity contribution in [2.75, 3.05) is 13.2 Å². The Hall–Kier alpha value is -0.670. The van der Waals surface area contributed by atoms with E-state index < -0.39 is 7.82 Å². The highest BCUT2D eigenvalue weighted by Crippen LogP contribution is 2.44. The summed E-state index contributed by atoms with van der Waals surface area (Å²) in [4.78, 5) is 9.77. The second-order valence-electron chi connectivity index (χ2n) is 7.05. The molecule has 5 heteroatoms.